The number of phenolic OH excluding ortho intramolecular Hbond substituents is 1. The summed E-state index contributed by atoms with van der Waals surface area (Å²) in [5.74, 6) is 1.23. The number of piperazine rings is 1. The van der Waals surface area contributed by atoms with Crippen LogP contribution in [0.4, 0.5) is 19.0 Å². The molecule has 2 aromatic carbocycles. The zero-order valence-corrected chi connectivity index (χ0v) is 27.6. The summed E-state index contributed by atoms with van der Waals surface area (Å²) in [6, 6.07) is 5.42. The Kier molecular flexibility index (Phi) is 9.80. The largest absolute Gasteiger partial charge is 0.508 e. The lowest BCUT2D eigenvalue weighted by atomic mass is 9.95. The van der Waals surface area contributed by atoms with Gasteiger partial charge in [-0.05, 0) is 49.3 Å². The molecule has 254 valence electrons. The average molecular weight is 663 g/mol. The summed E-state index contributed by atoms with van der Waals surface area (Å²) in [5.41, 5.74) is -0.360. The topological polar surface area (TPSA) is 95.9 Å². The van der Waals surface area contributed by atoms with Crippen LogP contribution in [-0.2, 0) is 0 Å². The second kappa shape index (κ2) is 14.0. The number of rotatable bonds is 8. The van der Waals surface area contributed by atoms with E-state index < -0.39 is 17.8 Å². The molecular formula is C36H41F3N6O3. The molecule has 1 aliphatic carbocycles. The van der Waals surface area contributed by atoms with Crippen molar-refractivity contribution in [1.29, 1.82) is 0 Å². The highest BCUT2D eigenvalue weighted by atomic mass is 19.1. The van der Waals surface area contributed by atoms with Gasteiger partial charge in [0.2, 0.25) is 5.88 Å². The number of terminal acetylenes is 1. The third-order valence-electron chi connectivity index (χ3n) is 9.31. The molecule has 3 aliphatic rings. The zero-order valence-electron chi connectivity index (χ0n) is 27.6. The molecule has 0 bridgehead atoms. The van der Waals surface area contributed by atoms with Crippen LogP contribution in [0.1, 0.15) is 45.1 Å². The summed E-state index contributed by atoms with van der Waals surface area (Å²) in [7, 11) is 1.42. The van der Waals surface area contributed by atoms with Gasteiger partial charge in [0, 0.05) is 62.2 Å². The van der Waals surface area contributed by atoms with Gasteiger partial charge in [0.15, 0.2) is 5.82 Å². The summed E-state index contributed by atoms with van der Waals surface area (Å²) < 4.78 is 57.4. The molecule has 2 aliphatic heterocycles. The van der Waals surface area contributed by atoms with Gasteiger partial charge >= 0.3 is 6.01 Å². The highest BCUT2D eigenvalue weighted by Crippen LogP contribution is 2.47. The zero-order chi connectivity index (χ0) is 34.0. The summed E-state index contributed by atoms with van der Waals surface area (Å²) in [5, 5.41) is 14.8. The van der Waals surface area contributed by atoms with Gasteiger partial charge in [-0.3, -0.25) is 0 Å². The lowest BCUT2D eigenvalue weighted by Crippen LogP contribution is -2.44. The van der Waals surface area contributed by atoms with Crippen LogP contribution in [0.3, 0.4) is 0 Å². The number of ether oxygens (including phenoxy) is 2. The van der Waals surface area contributed by atoms with E-state index in [1.165, 1.54) is 31.4 Å². The van der Waals surface area contributed by atoms with E-state index in [1.54, 1.807) is 0 Å². The molecule has 0 spiro atoms. The number of fused-ring (bicyclic) bond motifs is 2. The third kappa shape index (κ3) is 6.54. The first-order valence-electron chi connectivity index (χ1n) is 16.6. The van der Waals surface area contributed by atoms with Crippen molar-refractivity contribution >= 4 is 27.5 Å². The number of methoxy groups -OCH3 is 1. The first-order chi connectivity index (χ1) is 23.3. The Morgan fingerprint density at radius 1 is 1.04 bits per heavy atom. The number of benzene rings is 2. The number of phenols is 1. The molecule has 2 saturated heterocycles. The maximum atomic E-state index is 16.9. The van der Waals surface area contributed by atoms with Gasteiger partial charge in [0.25, 0.3) is 0 Å². The van der Waals surface area contributed by atoms with Crippen molar-refractivity contribution in [3.63, 3.8) is 0 Å². The van der Waals surface area contributed by atoms with Crippen molar-refractivity contribution in [3.8, 4) is 41.2 Å². The standard InChI is InChI=1S/C34H35F3N6O3.C2H6/c1-3-23-25(36)5-4-20-16-22(44)17-24(26(20)23)29-28(37)30-27(32(39-29)45-2)31(43-14-10-38-11-15-43)41-33(40-30)46-19-34(8-9-34)18-42-12-6-21(35)7-13-42;1-2/h1,4-5,16-17,21,38,44H,6-15,18-19H2,2H3;1-2H3. The minimum absolute atomic E-state index is 0.0176. The monoisotopic (exact) mass is 662 g/mol. The molecule has 9 nitrogen and oxygen atoms in total. The molecule has 4 aromatic rings. The van der Waals surface area contributed by atoms with Crippen LogP contribution in [0, 0.1) is 29.4 Å². The van der Waals surface area contributed by atoms with Crippen LogP contribution >= 0.6 is 0 Å². The van der Waals surface area contributed by atoms with Gasteiger partial charge in [0.05, 0.1) is 19.3 Å². The summed E-state index contributed by atoms with van der Waals surface area (Å²) in [6.45, 7) is 9.19. The second-order valence-electron chi connectivity index (χ2n) is 12.5. The third-order valence-corrected chi connectivity index (χ3v) is 9.31. The van der Waals surface area contributed by atoms with E-state index in [1.807, 2.05) is 18.7 Å². The van der Waals surface area contributed by atoms with E-state index in [0.717, 1.165) is 32.5 Å². The fraction of sp³-hybridized carbons (Fsp3) is 0.472. The number of hydrogen-bond donors (Lipinski definition) is 2. The van der Waals surface area contributed by atoms with E-state index in [2.05, 4.69) is 26.1 Å². The normalized spacial score (nSPS) is 17.9. The Morgan fingerprint density at radius 2 is 1.77 bits per heavy atom. The fourth-order valence-electron chi connectivity index (χ4n) is 6.63. The van der Waals surface area contributed by atoms with Crippen molar-refractivity contribution in [2.24, 2.45) is 5.41 Å². The molecule has 4 heterocycles. The molecule has 48 heavy (non-hydrogen) atoms. The minimum Gasteiger partial charge on any atom is -0.508 e. The number of alkyl halides is 1. The van der Waals surface area contributed by atoms with E-state index >= 15 is 4.39 Å². The molecule has 7 rings (SSSR count). The van der Waals surface area contributed by atoms with Crippen LogP contribution in [-0.4, -0.2) is 90.7 Å². The summed E-state index contributed by atoms with van der Waals surface area (Å²) >= 11 is 0. The Hall–Kier alpha value is -4.34. The van der Waals surface area contributed by atoms with Gasteiger partial charge in [0.1, 0.15) is 40.2 Å². The Labute approximate surface area is 278 Å². The molecule has 3 fully saturated rings. The van der Waals surface area contributed by atoms with Crippen molar-refractivity contribution < 1.29 is 27.8 Å². The Balaban J connectivity index is 0.00000197. The number of nitrogens with one attached hydrogen (secondary N) is 1. The van der Waals surface area contributed by atoms with Crippen LogP contribution in [0.15, 0.2) is 24.3 Å². The van der Waals surface area contributed by atoms with E-state index in [0.29, 0.717) is 56.8 Å². The van der Waals surface area contributed by atoms with Gasteiger partial charge in [-0.25, -0.2) is 18.2 Å². The predicted octanol–water partition coefficient (Wildman–Crippen LogP) is 5.85. The molecule has 0 amide bonds. The number of likely N-dealkylation sites (tertiary alicyclic amines) is 1. The second-order valence-corrected chi connectivity index (χ2v) is 12.5. The first kappa shape index (κ1) is 33.6. The number of pyridine rings is 1. The van der Waals surface area contributed by atoms with E-state index in [-0.39, 0.29) is 56.2 Å². The number of aromatic hydroxyl groups is 1. The summed E-state index contributed by atoms with van der Waals surface area (Å²) in [4.78, 5) is 18.2. The number of aromatic nitrogens is 3. The van der Waals surface area contributed by atoms with Gasteiger partial charge in [-0.15, -0.1) is 6.42 Å². The fourth-order valence-corrected chi connectivity index (χ4v) is 6.63. The number of nitrogens with zero attached hydrogens (tertiary/aromatic N) is 5. The van der Waals surface area contributed by atoms with Gasteiger partial charge in [-0.1, -0.05) is 25.8 Å². The highest BCUT2D eigenvalue weighted by Gasteiger charge is 2.45. The smallest absolute Gasteiger partial charge is 0.319 e. The molecule has 2 aromatic heterocycles. The molecule has 12 heteroatoms. The average Bonchev–Trinajstić information content (AvgIpc) is 3.88. The molecule has 0 radical (unpaired) electrons. The van der Waals surface area contributed by atoms with E-state index in [4.69, 9.17) is 20.9 Å². The van der Waals surface area contributed by atoms with Gasteiger partial charge < -0.3 is 29.7 Å². The lowest BCUT2D eigenvalue weighted by molar-refractivity contribution is 0.107. The Morgan fingerprint density at radius 3 is 2.44 bits per heavy atom. The maximum Gasteiger partial charge on any atom is 0.319 e. The lowest BCUT2D eigenvalue weighted by Gasteiger charge is -2.32. The van der Waals surface area contributed by atoms with Crippen molar-refractivity contribution in [2.45, 2.75) is 45.7 Å². The van der Waals surface area contributed by atoms with Crippen molar-refractivity contribution in [2.75, 3.05) is 64.4 Å². The van der Waals surface area contributed by atoms with Gasteiger partial charge in [-0.2, -0.15) is 9.97 Å². The number of piperidine rings is 1. The number of hydrogen-bond acceptors (Lipinski definition) is 9. The molecule has 0 unspecified atom stereocenters. The quantitative estimate of drug-likeness (QED) is 0.226. The first-order valence-corrected chi connectivity index (χ1v) is 16.6. The SMILES string of the molecule is C#Cc1c(F)ccc2cc(O)cc(-c3nc(OC)c4c(N5CCNCC5)nc(OCC5(CN6CCC(F)CC6)CC5)nc4c3F)c12.CC. The highest BCUT2D eigenvalue weighted by molar-refractivity contribution is 6.04. The van der Waals surface area contributed by atoms with E-state index in [9.17, 15) is 13.9 Å². The Bertz CT molecular complexity index is 1850. The predicted molar refractivity (Wildman–Crippen MR) is 181 cm³/mol. The molecular weight excluding hydrogens is 621 g/mol. The maximum absolute atomic E-state index is 16.9. The molecule has 2 N–H and O–H groups in total. The summed E-state index contributed by atoms with van der Waals surface area (Å²) in [6.07, 6.45) is 7.97. The van der Waals surface area contributed by atoms with Crippen LogP contribution < -0.4 is 19.7 Å². The van der Waals surface area contributed by atoms with Crippen LogP contribution in [0.25, 0.3) is 32.9 Å². The van der Waals surface area contributed by atoms with Crippen LogP contribution in [0.2, 0.25) is 0 Å². The van der Waals surface area contributed by atoms with Crippen molar-refractivity contribution in [3.05, 3.63) is 41.5 Å². The van der Waals surface area contributed by atoms with Crippen molar-refractivity contribution in [1.82, 2.24) is 25.2 Å². The number of anilines is 1. The number of halogens is 3. The minimum atomic E-state index is -0.811. The molecule has 0 atom stereocenters. The molecule has 1 saturated carbocycles. The van der Waals surface area contributed by atoms with Crippen LogP contribution in [0.5, 0.6) is 17.6 Å².